The number of aromatic nitrogens is 2. The molecule has 26 heavy (non-hydrogen) atoms. The number of amides is 1. The molecule has 1 amide bonds. The van der Waals surface area contributed by atoms with E-state index in [9.17, 15) is 4.79 Å². The van der Waals surface area contributed by atoms with Crippen molar-refractivity contribution in [1.82, 2.24) is 9.97 Å². The quantitative estimate of drug-likeness (QED) is 0.687. The Labute approximate surface area is 156 Å². The van der Waals surface area contributed by atoms with E-state index in [1.807, 2.05) is 12.1 Å². The van der Waals surface area contributed by atoms with Gasteiger partial charge in [-0.25, -0.2) is 4.98 Å². The number of nitrogens with zero attached hydrogens (tertiary/aromatic N) is 2. The minimum atomic E-state index is -0.295. The molecule has 0 unspecified atom stereocenters. The van der Waals surface area contributed by atoms with Gasteiger partial charge in [0.1, 0.15) is 11.6 Å². The van der Waals surface area contributed by atoms with Crippen molar-refractivity contribution in [2.75, 3.05) is 17.7 Å². The van der Waals surface area contributed by atoms with E-state index in [0.717, 1.165) is 5.56 Å². The Morgan fingerprint density at radius 1 is 1.19 bits per heavy atom. The van der Waals surface area contributed by atoms with Crippen molar-refractivity contribution in [3.63, 3.8) is 0 Å². The molecule has 0 aliphatic rings. The number of nitrogens with one attached hydrogen (secondary N) is 2. The smallest absolute Gasteiger partial charge is 0.257 e. The SMILES string of the molecule is COc1ccc(Cl)cc1NC(=O)c1ccc(NCc2cccnc2)nc1. The molecule has 0 aliphatic heterocycles. The lowest BCUT2D eigenvalue weighted by molar-refractivity contribution is 0.102. The summed E-state index contributed by atoms with van der Waals surface area (Å²) in [6, 6.07) is 12.3. The monoisotopic (exact) mass is 368 g/mol. The first-order valence-electron chi connectivity index (χ1n) is 7.89. The number of pyridine rings is 2. The summed E-state index contributed by atoms with van der Waals surface area (Å²) in [6.07, 6.45) is 5.02. The summed E-state index contributed by atoms with van der Waals surface area (Å²) >= 11 is 5.98. The average molecular weight is 369 g/mol. The number of benzene rings is 1. The zero-order valence-electron chi connectivity index (χ0n) is 14.1. The van der Waals surface area contributed by atoms with Gasteiger partial charge in [0, 0.05) is 30.2 Å². The Balaban J connectivity index is 1.64. The van der Waals surface area contributed by atoms with E-state index in [4.69, 9.17) is 16.3 Å². The van der Waals surface area contributed by atoms with Gasteiger partial charge in [0.2, 0.25) is 0 Å². The Bertz CT molecular complexity index is 886. The molecule has 0 aliphatic carbocycles. The second-order valence-corrected chi connectivity index (χ2v) is 5.88. The summed E-state index contributed by atoms with van der Waals surface area (Å²) in [5, 5.41) is 6.47. The van der Waals surface area contributed by atoms with Gasteiger partial charge in [-0.2, -0.15) is 0 Å². The minimum absolute atomic E-state index is 0.295. The van der Waals surface area contributed by atoms with E-state index in [2.05, 4.69) is 20.6 Å². The van der Waals surface area contributed by atoms with E-state index in [0.29, 0.717) is 34.4 Å². The van der Waals surface area contributed by atoms with Crippen LogP contribution in [0.2, 0.25) is 5.02 Å². The number of ether oxygens (including phenoxy) is 1. The van der Waals surface area contributed by atoms with Crippen LogP contribution < -0.4 is 15.4 Å². The highest BCUT2D eigenvalue weighted by Crippen LogP contribution is 2.28. The number of halogens is 1. The zero-order chi connectivity index (χ0) is 18.4. The predicted octanol–water partition coefficient (Wildman–Crippen LogP) is 4.00. The van der Waals surface area contributed by atoms with Gasteiger partial charge in [0.25, 0.3) is 5.91 Å². The maximum Gasteiger partial charge on any atom is 0.257 e. The van der Waals surface area contributed by atoms with E-state index in [1.165, 1.54) is 13.3 Å². The predicted molar refractivity (Wildman–Crippen MR) is 102 cm³/mol. The van der Waals surface area contributed by atoms with E-state index >= 15 is 0 Å². The molecule has 3 aromatic rings. The molecule has 6 nitrogen and oxygen atoms in total. The van der Waals surface area contributed by atoms with Gasteiger partial charge < -0.3 is 15.4 Å². The molecule has 0 radical (unpaired) electrons. The number of carbonyl (C=O) groups excluding carboxylic acids is 1. The van der Waals surface area contributed by atoms with Crippen LogP contribution in [-0.4, -0.2) is 23.0 Å². The molecule has 2 heterocycles. The summed E-state index contributed by atoms with van der Waals surface area (Å²) < 4.78 is 5.23. The standard InChI is InChI=1S/C19H17ClN4O2/c1-26-17-6-5-15(20)9-16(17)24-19(25)14-4-7-18(23-12-14)22-11-13-3-2-8-21-10-13/h2-10,12H,11H2,1H3,(H,22,23)(H,24,25). The normalized spacial score (nSPS) is 10.2. The lowest BCUT2D eigenvalue weighted by Crippen LogP contribution is -2.13. The lowest BCUT2D eigenvalue weighted by atomic mass is 10.2. The number of carbonyl (C=O) groups is 1. The molecule has 0 saturated carbocycles. The van der Waals surface area contributed by atoms with Crippen molar-refractivity contribution in [1.29, 1.82) is 0 Å². The molecule has 132 valence electrons. The van der Waals surface area contributed by atoms with E-state index in [1.54, 1.807) is 42.7 Å². The van der Waals surface area contributed by atoms with E-state index < -0.39 is 0 Å². The van der Waals surface area contributed by atoms with Crippen molar-refractivity contribution < 1.29 is 9.53 Å². The van der Waals surface area contributed by atoms with Gasteiger partial charge in [-0.1, -0.05) is 17.7 Å². The topological polar surface area (TPSA) is 76.1 Å². The van der Waals surface area contributed by atoms with Crippen LogP contribution in [0.3, 0.4) is 0 Å². The number of hydrogen-bond donors (Lipinski definition) is 2. The van der Waals surface area contributed by atoms with Crippen LogP contribution in [0.1, 0.15) is 15.9 Å². The van der Waals surface area contributed by atoms with E-state index in [-0.39, 0.29) is 5.91 Å². The molecular formula is C19H17ClN4O2. The highest BCUT2D eigenvalue weighted by molar-refractivity contribution is 6.31. The van der Waals surface area contributed by atoms with Crippen LogP contribution in [0.15, 0.2) is 61.1 Å². The number of rotatable bonds is 6. The summed E-state index contributed by atoms with van der Waals surface area (Å²) in [7, 11) is 1.53. The largest absolute Gasteiger partial charge is 0.495 e. The minimum Gasteiger partial charge on any atom is -0.495 e. The highest BCUT2D eigenvalue weighted by atomic mass is 35.5. The van der Waals surface area contributed by atoms with Gasteiger partial charge in [-0.3, -0.25) is 9.78 Å². The molecule has 3 rings (SSSR count). The zero-order valence-corrected chi connectivity index (χ0v) is 14.8. The van der Waals surface area contributed by atoms with Gasteiger partial charge >= 0.3 is 0 Å². The fraction of sp³-hybridized carbons (Fsp3) is 0.105. The van der Waals surface area contributed by atoms with Crippen LogP contribution in [-0.2, 0) is 6.54 Å². The van der Waals surface area contributed by atoms with Gasteiger partial charge in [0.15, 0.2) is 0 Å². The van der Waals surface area contributed by atoms with Crippen molar-refractivity contribution in [3.8, 4) is 5.75 Å². The molecule has 0 spiro atoms. The second kappa shape index (κ2) is 8.31. The highest BCUT2D eigenvalue weighted by Gasteiger charge is 2.11. The Kier molecular flexibility index (Phi) is 5.66. The summed E-state index contributed by atoms with van der Waals surface area (Å²) in [5.41, 5.74) is 1.98. The first kappa shape index (κ1) is 17.7. The number of hydrogen-bond acceptors (Lipinski definition) is 5. The molecule has 1 aromatic carbocycles. The fourth-order valence-corrected chi connectivity index (χ4v) is 2.47. The molecule has 2 N–H and O–H groups in total. The molecule has 7 heteroatoms. The van der Waals surface area contributed by atoms with Gasteiger partial charge in [0.05, 0.1) is 18.4 Å². The average Bonchev–Trinajstić information content (AvgIpc) is 2.68. The van der Waals surface area contributed by atoms with Crippen LogP contribution in [0.4, 0.5) is 11.5 Å². The first-order chi connectivity index (χ1) is 12.7. The molecular weight excluding hydrogens is 352 g/mol. The van der Waals surface area contributed by atoms with Crippen molar-refractivity contribution >= 4 is 29.0 Å². The van der Waals surface area contributed by atoms with Crippen molar-refractivity contribution in [3.05, 3.63) is 77.2 Å². The lowest BCUT2D eigenvalue weighted by Gasteiger charge is -2.11. The number of methoxy groups -OCH3 is 1. The van der Waals surface area contributed by atoms with Crippen LogP contribution >= 0.6 is 11.6 Å². The third kappa shape index (κ3) is 4.49. The Morgan fingerprint density at radius 2 is 2.08 bits per heavy atom. The first-order valence-corrected chi connectivity index (χ1v) is 8.27. The molecule has 0 atom stereocenters. The molecule has 0 bridgehead atoms. The molecule has 0 fully saturated rings. The summed E-state index contributed by atoms with van der Waals surface area (Å²) in [5.74, 6) is 0.910. The van der Waals surface area contributed by atoms with Crippen LogP contribution in [0, 0.1) is 0 Å². The van der Waals surface area contributed by atoms with Crippen molar-refractivity contribution in [2.24, 2.45) is 0 Å². The third-order valence-electron chi connectivity index (χ3n) is 3.63. The van der Waals surface area contributed by atoms with Crippen molar-refractivity contribution in [2.45, 2.75) is 6.54 Å². The maximum absolute atomic E-state index is 12.4. The second-order valence-electron chi connectivity index (χ2n) is 5.45. The summed E-state index contributed by atoms with van der Waals surface area (Å²) in [6.45, 7) is 0.603. The molecule has 2 aromatic heterocycles. The maximum atomic E-state index is 12.4. The Morgan fingerprint density at radius 3 is 2.77 bits per heavy atom. The number of anilines is 2. The summed E-state index contributed by atoms with van der Waals surface area (Å²) in [4.78, 5) is 20.7. The molecule has 0 saturated heterocycles. The van der Waals surface area contributed by atoms with Crippen LogP contribution in [0.5, 0.6) is 5.75 Å². The van der Waals surface area contributed by atoms with Gasteiger partial charge in [-0.15, -0.1) is 0 Å². The van der Waals surface area contributed by atoms with Gasteiger partial charge in [-0.05, 0) is 42.0 Å². The fourth-order valence-electron chi connectivity index (χ4n) is 2.30. The third-order valence-corrected chi connectivity index (χ3v) is 3.87. The van der Waals surface area contributed by atoms with Crippen LogP contribution in [0.25, 0.3) is 0 Å². The Hall–Kier alpha value is -3.12.